The van der Waals surface area contributed by atoms with E-state index in [1.54, 1.807) is 23.7 Å². The Labute approximate surface area is 137 Å². The Bertz CT molecular complexity index is 1030. The second kappa shape index (κ2) is 5.67. The highest BCUT2D eigenvalue weighted by molar-refractivity contribution is 7.09. The van der Waals surface area contributed by atoms with Gasteiger partial charge in [0.1, 0.15) is 17.2 Å². The van der Waals surface area contributed by atoms with Gasteiger partial charge in [-0.05, 0) is 43.2 Å². The van der Waals surface area contributed by atoms with E-state index in [1.165, 1.54) is 0 Å². The van der Waals surface area contributed by atoms with E-state index in [0.29, 0.717) is 0 Å². The van der Waals surface area contributed by atoms with E-state index in [-0.39, 0.29) is 0 Å². The summed E-state index contributed by atoms with van der Waals surface area (Å²) in [5.41, 5.74) is 2.57. The molecule has 5 heteroatoms. The van der Waals surface area contributed by atoms with Crippen molar-refractivity contribution >= 4 is 22.4 Å². The molecule has 0 fully saturated rings. The number of nitrogens with zero attached hydrogens (tertiary/aromatic N) is 4. The molecule has 0 bridgehead atoms. The number of aromatic nitrogens is 4. The summed E-state index contributed by atoms with van der Waals surface area (Å²) in [4.78, 5) is 13.2. The fourth-order valence-corrected chi connectivity index (χ4v) is 2.86. The van der Waals surface area contributed by atoms with Gasteiger partial charge in [-0.2, -0.15) is 0 Å². The molecular formula is C18H12N4S. The van der Waals surface area contributed by atoms with Gasteiger partial charge in [0, 0.05) is 34.9 Å². The fraction of sp³-hybridized carbons (Fsp3) is 0.0556. The van der Waals surface area contributed by atoms with E-state index in [9.17, 15) is 0 Å². The average Bonchev–Trinajstić information content (AvgIpc) is 3.20. The Hall–Kier alpha value is -2.97. The van der Waals surface area contributed by atoms with Crippen molar-refractivity contribution in [2.75, 3.05) is 0 Å². The summed E-state index contributed by atoms with van der Waals surface area (Å²) < 4.78 is 1.97. The number of rotatable bonds is 1. The van der Waals surface area contributed by atoms with Gasteiger partial charge in [-0.1, -0.05) is 5.92 Å². The zero-order valence-electron chi connectivity index (χ0n) is 12.4. The smallest absolute Gasteiger partial charge is 0.145 e. The summed E-state index contributed by atoms with van der Waals surface area (Å²) in [6.07, 6.45) is 5.54. The quantitative estimate of drug-likeness (QED) is 0.504. The monoisotopic (exact) mass is 316 g/mol. The molecule has 110 valence electrons. The maximum absolute atomic E-state index is 4.49. The number of aryl methyl sites for hydroxylation is 1. The lowest BCUT2D eigenvalue weighted by Gasteiger charge is -2.03. The molecule has 0 radical (unpaired) electrons. The third-order valence-corrected chi connectivity index (χ3v) is 4.17. The molecule has 4 rings (SSSR count). The minimum absolute atomic E-state index is 0.803. The van der Waals surface area contributed by atoms with Crippen LogP contribution < -0.4 is 0 Å². The lowest BCUT2D eigenvalue weighted by Crippen LogP contribution is -1.96. The second-order valence-corrected chi connectivity index (χ2v) is 6.07. The molecule has 0 spiro atoms. The van der Waals surface area contributed by atoms with E-state index in [1.807, 2.05) is 53.4 Å². The minimum atomic E-state index is 0.803. The molecule has 0 atom stereocenters. The standard InChI is InChI=1S/C18H12N4S/c1-13-21-16(12-23-13)6-4-14-5-7-17(20-11-14)22-10-8-15-3-2-9-19-18(15)22/h2-3,5,7-12H,1H3. The van der Waals surface area contributed by atoms with E-state index in [0.717, 1.165) is 33.1 Å². The number of pyridine rings is 2. The zero-order chi connectivity index (χ0) is 15.6. The lowest BCUT2D eigenvalue weighted by molar-refractivity contribution is 1.02. The van der Waals surface area contributed by atoms with Crippen LogP contribution in [0.3, 0.4) is 0 Å². The first-order valence-electron chi connectivity index (χ1n) is 7.12. The predicted molar refractivity (Wildman–Crippen MR) is 91.7 cm³/mol. The normalized spacial score (nSPS) is 10.5. The highest BCUT2D eigenvalue weighted by Gasteiger charge is 2.04. The molecule has 4 aromatic heterocycles. The van der Waals surface area contributed by atoms with Crippen molar-refractivity contribution in [3.8, 4) is 17.7 Å². The van der Waals surface area contributed by atoms with Crippen molar-refractivity contribution in [2.24, 2.45) is 0 Å². The van der Waals surface area contributed by atoms with Crippen LogP contribution in [0.25, 0.3) is 16.9 Å². The van der Waals surface area contributed by atoms with Crippen LogP contribution in [0.1, 0.15) is 16.3 Å². The summed E-state index contributed by atoms with van der Waals surface area (Å²) in [7, 11) is 0. The maximum Gasteiger partial charge on any atom is 0.145 e. The van der Waals surface area contributed by atoms with Gasteiger partial charge in [0.25, 0.3) is 0 Å². The van der Waals surface area contributed by atoms with Gasteiger partial charge in [0.05, 0.1) is 5.01 Å². The minimum Gasteiger partial charge on any atom is -0.285 e. The Morgan fingerprint density at radius 3 is 2.83 bits per heavy atom. The van der Waals surface area contributed by atoms with Gasteiger partial charge >= 0.3 is 0 Å². The highest BCUT2D eigenvalue weighted by Crippen LogP contribution is 2.16. The topological polar surface area (TPSA) is 43.6 Å². The van der Waals surface area contributed by atoms with Crippen molar-refractivity contribution in [3.63, 3.8) is 0 Å². The van der Waals surface area contributed by atoms with Crippen molar-refractivity contribution in [1.29, 1.82) is 0 Å². The molecule has 4 nitrogen and oxygen atoms in total. The third kappa shape index (κ3) is 2.72. The van der Waals surface area contributed by atoms with Gasteiger partial charge in [0.2, 0.25) is 0 Å². The van der Waals surface area contributed by atoms with Crippen LogP contribution in [-0.2, 0) is 0 Å². The molecule has 0 N–H and O–H groups in total. The van der Waals surface area contributed by atoms with Gasteiger partial charge in [-0.15, -0.1) is 11.3 Å². The Morgan fingerprint density at radius 2 is 2.04 bits per heavy atom. The molecule has 4 aromatic rings. The van der Waals surface area contributed by atoms with Crippen molar-refractivity contribution in [2.45, 2.75) is 6.92 Å². The lowest BCUT2D eigenvalue weighted by atomic mass is 10.3. The highest BCUT2D eigenvalue weighted by atomic mass is 32.1. The number of thiazole rings is 1. The average molecular weight is 316 g/mol. The number of hydrogen-bond acceptors (Lipinski definition) is 4. The van der Waals surface area contributed by atoms with Crippen molar-refractivity contribution < 1.29 is 0 Å². The molecule has 23 heavy (non-hydrogen) atoms. The molecular weight excluding hydrogens is 304 g/mol. The Morgan fingerprint density at radius 1 is 1.09 bits per heavy atom. The molecule has 0 amide bonds. The molecule has 0 saturated heterocycles. The van der Waals surface area contributed by atoms with Crippen molar-refractivity contribution in [3.05, 3.63) is 70.6 Å². The summed E-state index contributed by atoms with van der Waals surface area (Å²) in [6, 6.07) is 9.91. The van der Waals surface area contributed by atoms with E-state index < -0.39 is 0 Å². The third-order valence-electron chi connectivity index (χ3n) is 3.40. The van der Waals surface area contributed by atoms with Gasteiger partial charge < -0.3 is 0 Å². The SMILES string of the molecule is Cc1nc(C#Cc2ccc(-n3ccc4cccnc43)nc2)cs1. The molecule has 4 heterocycles. The van der Waals surface area contributed by atoms with E-state index in [2.05, 4.69) is 26.8 Å². The second-order valence-electron chi connectivity index (χ2n) is 5.01. The largest absolute Gasteiger partial charge is 0.285 e. The van der Waals surface area contributed by atoms with Crippen LogP contribution in [0, 0.1) is 18.8 Å². The van der Waals surface area contributed by atoms with Crippen LogP contribution in [-0.4, -0.2) is 19.5 Å². The summed E-state index contributed by atoms with van der Waals surface area (Å²) in [5, 5.41) is 4.08. The van der Waals surface area contributed by atoms with E-state index in [4.69, 9.17) is 0 Å². The van der Waals surface area contributed by atoms with Gasteiger partial charge in [-0.25, -0.2) is 15.0 Å². The summed E-state index contributed by atoms with van der Waals surface area (Å²) >= 11 is 1.60. The zero-order valence-corrected chi connectivity index (χ0v) is 13.2. The van der Waals surface area contributed by atoms with Crippen LogP contribution in [0.15, 0.2) is 54.3 Å². The van der Waals surface area contributed by atoms with E-state index >= 15 is 0 Å². The summed E-state index contributed by atoms with van der Waals surface area (Å²) in [6.45, 7) is 1.97. The molecule has 0 aliphatic carbocycles. The Kier molecular flexibility index (Phi) is 3.37. The molecule has 0 unspecified atom stereocenters. The first kappa shape index (κ1) is 13.7. The molecule has 0 saturated carbocycles. The molecule has 0 aliphatic heterocycles. The van der Waals surface area contributed by atoms with Crippen LogP contribution >= 0.6 is 11.3 Å². The predicted octanol–water partition coefficient (Wildman–Crippen LogP) is 3.59. The summed E-state index contributed by atoms with van der Waals surface area (Å²) in [5.74, 6) is 6.97. The van der Waals surface area contributed by atoms with Crippen molar-refractivity contribution in [1.82, 2.24) is 19.5 Å². The van der Waals surface area contributed by atoms with Crippen LogP contribution in [0.5, 0.6) is 0 Å². The van der Waals surface area contributed by atoms with Crippen LogP contribution in [0.4, 0.5) is 0 Å². The fourth-order valence-electron chi connectivity index (χ4n) is 2.31. The maximum atomic E-state index is 4.49. The van der Waals surface area contributed by atoms with Crippen LogP contribution in [0.2, 0.25) is 0 Å². The number of hydrogen-bond donors (Lipinski definition) is 0. The first-order chi connectivity index (χ1) is 11.3. The van der Waals surface area contributed by atoms with Gasteiger partial charge in [0.15, 0.2) is 0 Å². The number of fused-ring (bicyclic) bond motifs is 1. The molecule has 0 aliphatic rings. The first-order valence-corrected chi connectivity index (χ1v) is 8.00. The Balaban J connectivity index is 1.65. The van der Waals surface area contributed by atoms with Gasteiger partial charge in [-0.3, -0.25) is 4.57 Å². The molecule has 0 aromatic carbocycles.